The normalized spacial score (nSPS) is 23.7. The number of nitrogens with zero attached hydrogens (tertiary/aromatic N) is 2. The monoisotopic (exact) mass is 341 g/mol. The highest BCUT2D eigenvalue weighted by Gasteiger charge is 2.40. The van der Waals surface area contributed by atoms with Gasteiger partial charge in [-0.2, -0.15) is 0 Å². The number of imide groups is 2. The molecule has 1 aromatic heterocycles. The lowest BCUT2D eigenvalue weighted by atomic mass is 10.1. The van der Waals surface area contributed by atoms with Gasteiger partial charge in [0.05, 0.1) is 0 Å². The van der Waals surface area contributed by atoms with Gasteiger partial charge >= 0.3 is 6.03 Å². The molecule has 4 rings (SSSR count). The van der Waals surface area contributed by atoms with E-state index in [1.54, 1.807) is 6.08 Å². The molecule has 2 saturated carbocycles. The molecule has 0 aromatic carbocycles. The van der Waals surface area contributed by atoms with Crippen molar-refractivity contribution in [3.63, 3.8) is 0 Å². The first-order valence-electron chi connectivity index (χ1n) is 9.06. The van der Waals surface area contributed by atoms with Crippen molar-refractivity contribution in [1.82, 2.24) is 14.8 Å². The van der Waals surface area contributed by atoms with E-state index in [2.05, 4.69) is 9.88 Å². The quantitative estimate of drug-likeness (QED) is 0.679. The summed E-state index contributed by atoms with van der Waals surface area (Å²) >= 11 is 0. The Labute approximate surface area is 146 Å². The molecule has 6 nitrogen and oxygen atoms in total. The van der Waals surface area contributed by atoms with E-state index in [-0.39, 0.29) is 11.6 Å². The predicted octanol–water partition coefficient (Wildman–Crippen LogP) is 2.84. The van der Waals surface area contributed by atoms with Gasteiger partial charge in [-0.25, -0.2) is 4.79 Å². The number of hydrogen-bond donors (Lipinski definition) is 1. The van der Waals surface area contributed by atoms with Crippen LogP contribution in [0.25, 0.3) is 6.08 Å². The third-order valence-corrected chi connectivity index (χ3v) is 5.56. The van der Waals surface area contributed by atoms with Gasteiger partial charge in [0.1, 0.15) is 5.57 Å². The number of urea groups is 1. The number of hydrogen-bond acceptors (Lipinski definition) is 3. The van der Waals surface area contributed by atoms with Gasteiger partial charge in [-0.05, 0) is 57.2 Å². The van der Waals surface area contributed by atoms with Crippen LogP contribution in [0.4, 0.5) is 4.79 Å². The third-order valence-electron chi connectivity index (χ3n) is 5.56. The molecule has 2 aliphatic carbocycles. The molecule has 3 aliphatic rings. The summed E-state index contributed by atoms with van der Waals surface area (Å²) in [7, 11) is 0. The van der Waals surface area contributed by atoms with Crippen LogP contribution in [0, 0.1) is 13.8 Å². The minimum absolute atomic E-state index is 0.0579. The number of carbonyl (C=O) groups is 3. The molecule has 1 aromatic rings. The number of carbonyl (C=O) groups excluding carboxylic acids is 3. The van der Waals surface area contributed by atoms with Crippen LogP contribution in [0.1, 0.15) is 61.5 Å². The van der Waals surface area contributed by atoms with Crippen LogP contribution in [0.15, 0.2) is 11.6 Å². The molecule has 0 unspecified atom stereocenters. The molecular formula is C19H23N3O3. The molecule has 6 heteroatoms. The van der Waals surface area contributed by atoms with Gasteiger partial charge in [0.2, 0.25) is 0 Å². The summed E-state index contributed by atoms with van der Waals surface area (Å²) in [6.45, 7) is 4.06. The average Bonchev–Trinajstić information content (AvgIpc) is 3.15. The molecule has 1 N–H and O–H groups in total. The van der Waals surface area contributed by atoms with E-state index in [1.807, 2.05) is 19.9 Å². The standard InChI is InChI=1S/C19H23N3O3/c1-11-9-13(12(2)21(11)15-7-8-15)10-16-17(23)20-19(25)22(18(16)24)14-5-3-4-6-14/h9-10,14-15H,3-8H2,1-2H3,(H,20,23,25)/b16-10-. The lowest BCUT2D eigenvalue weighted by Crippen LogP contribution is -2.57. The van der Waals surface area contributed by atoms with Crippen LogP contribution in [0.5, 0.6) is 0 Å². The maximum Gasteiger partial charge on any atom is 0.331 e. The highest BCUT2D eigenvalue weighted by Crippen LogP contribution is 2.39. The lowest BCUT2D eigenvalue weighted by molar-refractivity contribution is -0.131. The van der Waals surface area contributed by atoms with E-state index in [9.17, 15) is 14.4 Å². The summed E-state index contributed by atoms with van der Waals surface area (Å²) in [4.78, 5) is 38.5. The fraction of sp³-hybridized carbons (Fsp3) is 0.526. The van der Waals surface area contributed by atoms with Crippen LogP contribution in [-0.2, 0) is 9.59 Å². The first-order chi connectivity index (χ1) is 12.0. The lowest BCUT2D eigenvalue weighted by Gasteiger charge is -2.31. The van der Waals surface area contributed by atoms with Crippen molar-refractivity contribution in [3.05, 3.63) is 28.6 Å². The molecule has 0 atom stereocenters. The number of aryl methyl sites for hydroxylation is 1. The van der Waals surface area contributed by atoms with Crippen molar-refractivity contribution < 1.29 is 14.4 Å². The zero-order valence-electron chi connectivity index (χ0n) is 14.7. The molecule has 132 valence electrons. The Morgan fingerprint density at radius 2 is 1.72 bits per heavy atom. The van der Waals surface area contributed by atoms with Crippen molar-refractivity contribution in [2.75, 3.05) is 0 Å². The van der Waals surface area contributed by atoms with Crippen LogP contribution in [0.2, 0.25) is 0 Å². The van der Waals surface area contributed by atoms with E-state index in [4.69, 9.17) is 0 Å². The first kappa shape index (κ1) is 16.1. The van der Waals surface area contributed by atoms with Crippen molar-refractivity contribution in [3.8, 4) is 0 Å². The number of rotatable bonds is 3. The summed E-state index contributed by atoms with van der Waals surface area (Å²) < 4.78 is 2.28. The molecule has 0 radical (unpaired) electrons. The van der Waals surface area contributed by atoms with Gasteiger partial charge in [-0.1, -0.05) is 12.8 Å². The predicted molar refractivity (Wildman–Crippen MR) is 92.8 cm³/mol. The Kier molecular flexibility index (Phi) is 3.78. The third kappa shape index (κ3) is 2.69. The van der Waals surface area contributed by atoms with Gasteiger partial charge in [0.25, 0.3) is 11.8 Å². The molecular weight excluding hydrogens is 318 g/mol. The fourth-order valence-corrected chi connectivity index (χ4v) is 4.16. The minimum atomic E-state index is -0.597. The maximum atomic E-state index is 12.9. The largest absolute Gasteiger partial charge is 0.346 e. The summed E-state index contributed by atoms with van der Waals surface area (Å²) in [6, 6.07) is 1.88. The maximum absolute atomic E-state index is 12.9. The SMILES string of the molecule is Cc1cc(/C=C2/C(=O)NC(=O)N(C3CCCC3)C2=O)c(C)n1C1CC1. The number of aromatic nitrogens is 1. The molecule has 3 fully saturated rings. The highest BCUT2D eigenvalue weighted by molar-refractivity contribution is 6.31. The Bertz CT molecular complexity index is 795. The summed E-state index contributed by atoms with van der Waals surface area (Å²) in [5.41, 5.74) is 3.14. The van der Waals surface area contributed by atoms with Crippen LogP contribution in [-0.4, -0.2) is 33.4 Å². The van der Waals surface area contributed by atoms with E-state index in [0.717, 1.165) is 42.6 Å². The minimum Gasteiger partial charge on any atom is -0.346 e. The van der Waals surface area contributed by atoms with E-state index >= 15 is 0 Å². The Morgan fingerprint density at radius 1 is 1.04 bits per heavy atom. The Morgan fingerprint density at radius 3 is 2.36 bits per heavy atom. The molecule has 1 saturated heterocycles. The van der Waals surface area contributed by atoms with Crippen LogP contribution >= 0.6 is 0 Å². The molecule has 0 bridgehead atoms. The van der Waals surface area contributed by atoms with E-state index < -0.39 is 17.8 Å². The zero-order valence-corrected chi connectivity index (χ0v) is 14.7. The molecule has 1 aliphatic heterocycles. The molecule has 4 amide bonds. The topological polar surface area (TPSA) is 71.4 Å². The average molecular weight is 341 g/mol. The van der Waals surface area contributed by atoms with Crippen molar-refractivity contribution in [2.45, 2.75) is 64.5 Å². The van der Waals surface area contributed by atoms with Crippen LogP contribution in [0.3, 0.4) is 0 Å². The van der Waals surface area contributed by atoms with Crippen molar-refractivity contribution >= 4 is 23.9 Å². The van der Waals surface area contributed by atoms with Crippen molar-refractivity contribution in [1.29, 1.82) is 0 Å². The van der Waals surface area contributed by atoms with Crippen LogP contribution < -0.4 is 5.32 Å². The Hall–Kier alpha value is -2.37. The van der Waals surface area contributed by atoms with Gasteiger partial charge < -0.3 is 4.57 Å². The summed E-state index contributed by atoms with van der Waals surface area (Å²) in [6.07, 6.45) is 7.65. The number of barbiturate groups is 1. The molecule has 0 spiro atoms. The van der Waals surface area contributed by atoms with Crippen molar-refractivity contribution in [2.24, 2.45) is 0 Å². The summed E-state index contributed by atoms with van der Waals surface area (Å²) in [5, 5.41) is 2.34. The number of amides is 4. The Balaban J connectivity index is 1.69. The second kappa shape index (κ2) is 5.86. The van der Waals surface area contributed by atoms with Gasteiger partial charge in [0.15, 0.2) is 0 Å². The van der Waals surface area contributed by atoms with Gasteiger partial charge in [-0.3, -0.25) is 19.8 Å². The first-order valence-corrected chi connectivity index (χ1v) is 9.06. The second-order valence-electron chi connectivity index (χ2n) is 7.36. The van der Waals surface area contributed by atoms with E-state index in [0.29, 0.717) is 6.04 Å². The fourth-order valence-electron chi connectivity index (χ4n) is 4.16. The highest BCUT2D eigenvalue weighted by atomic mass is 16.2. The number of nitrogens with one attached hydrogen (secondary N) is 1. The molecule has 2 heterocycles. The van der Waals surface area contributed by atoms with Gasteiger partial charge in [0, 0.05) is 23.5 Å². The summed E-state index contributed by atoms with van der Waals surface area (Å²) in [5.74, 6) is -1.06. The second-order valence-corrected chi connectivity index (χ2v) is 7.36. The van der Waals surface area contributed by atoms with E-state index in [1.165, 1.54) is 17.7 Å². The molecule has 25 heavy (non-hydrogen) atoms. The zero-order chi connectivity index (χ0) is 17.7. The van der Waals surface area contributed by atoms with Gasteiger partial charge in [-0.15, -0.1) is 0 Å². The smallest absolute Gasteiger partial charge is 0.331 e.